The van der Waals surface area contributed by atoms with Crippen molar-refractivity contribution in [1.29, 1.82) is 0 Å². The molecule has 3 aromatic rings. The zero-order valence-electron chi connectivity index (χ0n) is 12.1. The molecule has 0 saturated carbocycles. The number of hydrogen-bond acceptors (Lipinski definition) is 2. The number of phenolic OH excluding ortho intramolecular Hbond substituents is 1. The monoisotopic (exact) mass is 276 g/mol. The van der Waals surface area contributed by atoms with Gasteiger partial charge in [0.2, 0.25) is 0 Å². The predicted molar refractivity (Wildman–Crippen MR) is 85.1 cm³/mol. The molecule has 1 aliphatic rings. The fourth-order valence-corrected chi connectivity index (χ4v) is 3.48. The van der Waals surface area contributed by atoms with Crippen LogP contribution in [0.25, 0.3) is 21.9 Å². The molecule has 0 spiro atoms. The number of ether oxygens (including phenoxy) is 1. The van der Waals surface area contributed by atoms with E-state index in [0.29, 0.717) is 5.75 Å². The lowest BCUT2D eigenvalue weighted by atomic mass is 9.96. The van der Waals surface area contributed by atoms with Crippen LogP contribution < -0.4 is 4.74 Å². The Morgan fingerprint density at radius 2 is 1.86 bits per heavy atom. The lowest BCUT2D eigenvalue weighted by Gasteiger charge is -2.13. The highest BCUT2D eigenvalue weighted by atomic mass is 16.5. The first kappa shape index (κ1) is 12.3. The van der Waals surface area contributed by atoms with Gasteiger partial charge in [-0.25, -0.2) is 0 Å². The van der Waals surface area contributed by atoms with E-state index in [2.05, 4.69) is 30.3 Å². The van der Waals surface area contributed by atoms with Crippen molar-refractivity contribution in [2.45, 2.75) is 13.3 Å². The second kappa shape index (κ2) is 4.26. The third-order valence-electron chi connectivity index (χ3n) is 4.42. The maximum Gasteiger partial charge on any atom is 0.129 e. The first-order valence-corrected chi connectivity index (χ1v) is 7.11. The Balaban J connectivity index is 2.12. The molecule has 0 aromatic heterocycles. The van der Waals surface area contributed by atoms with Crippen LogP contribution in [0, 0.1) is 6.92 Å². The van der Waals surface area contributed by atoms with E-state index in [1.165, 1.54) is 16.5 Å². The van der Waals surface area contributed by atoms with Gasteiger partial charge in [0.15, 0.2) is 0 Å². The maximum atomic E-state index is 10.5. The van der Waals surface area contributed by atoms with E-state index in [1.54, 1.807) is 7.11 Å². The largest absolute Gasteiger partial charge is 0.507 e. The summed E-state index contributed by atoms with van der Waals surface area (Å²) >= 11 is 0. The minimum Gasteiger partial charge on any atom is -0.507 e. The number of methoxy groups -OCH3 is 1. The van der Waals surface area contributed by atoms with Gasteiger partial charge in [0.1, 0.15) is 11.5 Å². The Morgan fingerprint density at radius 1 is 1.05 bits per heavy atom. The second-order valence-corrected chi connectivity index (χ2v) is 5.59. The van der Waals surface area contributed by atoms with Gasteiger partial charge in [0, 0.05) is 10.9 Å². The standard InChI is InChI=1S/C19H16O2/c1-11-7-8-14-15-9-12-5-3-4-6-13(12)18(15)17(20)10-16(14)19(11)21-2/h3-8,10,20H,9H2,1-2H3. The molecule has 0 aliphatic heterocycles. The van der Waals surface area contributed by atoms with Gasteiger partial charge in [-0.05, 0) is 47.1 Å². The molecule has 104 valence electrons. The molecular weight excluding hydrogens is 260 g/mol. The van der Waals surface area contributed by atoms with Crippen LogP contribution in [0.15, 0.2) is 42.5 Å². The molecule has 1 aliphatic carbocycles. The smallest absolute Gasteiger partial charge is 0.129 e. The average molecular weight is 276 g/mol. The number of hydrogen-bond donors (Lipinski definition) is 1. The van der Waals surface area contributed by atoms with Crippen LogP contribution in [-0.2, 0) is 6.42 Å². The lowest BCUT2D eigenvalue weighted by Crippen LogP contribution is -1.92. The number of aryl methyl sites for hydroxylation is 1. The van der Waals surface area contributed by atoms with E-state index >= 15 is 0 Å². The molecule has 0 saturated heterocycles. The molecule has 4 rings (SSSR count). The normalized spacial score (nSPS) is 12.3. The molecule has 0 heterocycles. The first-order valence-electron chi connectivity index (χ1n) is 7.11. The summed E-state index contributed by atoms with van der Waals surface area (Å²) in [6.07, 6.45) is 0.864. The van der Waals surface area contributed by atoms with Crippen LogP contribution in [0.4, 0.5) is 0 Å². The van der Waals surface area contributed by atoms with Crippen LogP contribution in [0.2, 0.25) is 0 Å². The number of aromatic hydroxyl groups is 1. The molecule has 0 radical (unpaired) electrons. The molecule has 0 atom stereocenters. The van der Waals surface area contributed by atoms with Crippen LogP contribution >= 0.6 is 0 Å². The van der Waals surface area contributed by atoms with Crippen molar-refractivity contribution in [2.24, 2.45) is 0 Å². The van der Waals surface area contributed by atoms with E-state index < -0.39 is 0 Å². The Kier molecular flexibility index (Phi) is 2.49. The van der Waals surface area contributed by atoms with E-state index in [0.717, 1.165) is 34.2 Å². The molecular formula is C19H16O2. The summed E-state index contributed by atoms with van der Waals surface area (Å²) in [5, 5.41) is 12.7. The molecule has 0 unspecified atom stereocenters. The Morgan fingerprint density at radius 3 is 2.67 bits per heavy atom. The summed E-state index contributed by atoms with van der Waals surface area (Å²) in [5.74, 6) is 1.19. The maximum absolute atomic E-state index is 10.5. The van der Waals surface area contributed by atoms with Gasteiger partial charge >= 0.3 is 0 Å². The number of fused-ring (bicyclic) bond motifs is 5. The van der Waals surface area contributed by atoms with Crippen molar-refractivity contribution in [3.8, 4) is 22.6 Å². The summed E-state index contributed by atoms with van der Waals surface area (Å²) in [6, 6.07) is 14.3. The Labute approximate surface area is 123 Å². The van der Waals surface area contributed by atoms with Crippen molar-refractivity contribution < 1.29 is 9.84 Å². The highest BCUT2D eigenvalue weighted by molar-refractivity contribution is 6.01. The minimum atomic E-state index is 0.339. The van der Waals surface area contributed by atoms with Gasteiger partial charge in [0.25, 0.3) is 0 Å². The Hall–Kier alpha value is -2.48. The van der Waals surface area contributed by atoms with Crippen molar-refractivity contribution in [3.63, 3.8) is 0 Å². The summed E-state index contributed by atoms with van der Waals surface area (Å²) < 4.78 is 5.54. The SMILES string of the molecule is COc1c(C)ccc2c3c(c(O)cc12)-c1ccccc1C3. The van der Waals surface area contributed by atoms with Crippen LogP contribution in [0.5, 0.6) is 11.5 Å². The van der Waals surface area contributed by atoms with Gasteiger partial charge in [-0.3, -0.25) is 0 Å². The van der Waals surface area contributed by atoms with Crippen molar-refractivity contribution in [1.82, 2.24) is 0 Å². The van der Waals surface area contributed by atoms with E-state index in [-0.39, 0.29) is 0 Å². The highest BCUT2D eigenvalue weighted by Gasteiger charge is 2.24. The summed E-state index contributed by atoms with van der Waals surface area (Å²) in [5.41, 5.74) is 5.68. The summed E-state index contributed by atoms with van der Waals surface area (Å²) in [4.78, 5) is 0. The molecule has 2 heteroatoms. The number of rotatable bonds is 1. The van der Waals surface area contributed by atoms with Gasteiger partial charge in [0.05, 0.1) is 7.11 Å². The molecule has 0 bridgehead atoms. The van der Waals surface area contributed by atoms with Gasteiger partial charge in [-0.2, -0.15) is 0 Å². The van der Waals surface area contributed by atoms with Crippen molar-refractivity contribution in [2.75, 3.05) is 7.11 Å². The molecule has 3 aromatic carbocycles. The van der Waals surface area contributed by atoms with Gasteiger partial charge in [-0.1, -0.05) is 36.4 Å². The zero-order chi connectivity index (χ0) is 14.6. The average Bonchev–Trinajstić information content (AvgIpc) is 2.87. The third kappa shape index (κ3) is 1.59. The summed E-state index contributed by atoms with van der Waals surface area (Å²) in [7, 11) is 1.68. The van der Waals surface area contributed by atoms with E-state index in [4.69, 9.17) is 4.74 Å². The Bertz CT molecular complexity index is 878. The van der Waals surface area contributed by atoms with Crippen molar-refractivity contribution >= 4 is 10.8 Å². The number of benzene rings is 3. The molecule has 21 heavy (non-hydrogen) atoms. The quantitative estimate of drug-likeness (QED) is 0.557. The van der Waals surface area contributed by atoms with Crippen LogP contribution in [-0.4, -0.2) is 12.2 Å². The minimum absolute atomic E-state index is 0.339. The second-order valence-electron chi connectivity index (χ2n) is 5.59. The molecule has 1 N–H and O–H groups in total. The first-order chi connectivity index (χ1) is 10.2. The van der Waals surface area contributed by atoms with Gasteiger partial charge in [-0.15, -0.1) is 0 Å². The fourth-order valence-electron chi connectivity index (χ4n) is 3.48. The molecule has 2 nitrogen and oxygen atoms in total. The van der Waals surface area contributed by atoms with Crippen LogP contribution in [0.3, 0.4) is 0 Å². The van der Waals surface area contributed by atoms with E-state index in [9.17, 15) is 5.11 Å². The fraction of sp³-hybridized carbons (Fsp3) is 0.158. The topological polar surface area (TPSA) is 29.5 Å². The van der Waals surface area contributed by atoms with E-state index in [1.807, 2.05) is 19.1 Å². The zero-order valence-corrected chi connectivity index (χ0v) is 12.1. The molecule has 0 amide bonds. The summed E-state index contributed by atoms with van der Waals surface area (Å²) in [6.45, 7) is 2.03. The van der Waals surface area contributed by atoms with Crippen molar-refractivity contribution in [3.05, 3.63) is 59.2 Å². The molecule has 0 fully saturated rings. The highest BCUT2D eigenvalue weighted by Crippen LogP contribution is 2.47. The van der Waals surface area contributed by atoms with Gasteiger partial charge < -0.3 is 9.84 Å². The third-order valence-corrected chi connectivity index (χ3v) is 4.42. The number of phenols is 1. The lowest BCUT2D eigenvalue weighted by molar-refractivity contribution is 0.416. The predicted octanol–water partition coefficient (Wildman–Crippen LogP) is 4.43. The van der Waals surface area contributed by atoms with Crippen LogP contribution in [0.1, 0.15) is 16.7 Å².